The molecule has 0 saturated carbocycles. The van der Waals surface area contributed by atoms with Crippen LogP contribution in [0.2, 0.25) is 0 Å². The number of nitrogens with zero attached hydrogens (tertiary/aromatic N) is 2. The molecule has 1 heterocycles. The van der Waals surface area contributed by atoms with Crippen molar-refractivity contribution in [3.05, 3.63) is 29.8 Å². The Hall–Kier alpha value is -1.10. The molecule has 8 heteroatoms. The first-order chi connectivity index (χ1) is 14.0. The summed E-state index contributed by atoms with van der Waals surface area (Å²) in [5.74, 6) is 2.00. The number of guanidine groups is 1. The fourth-order valence-corrected chi connectivity index (χ4v) is 3.35. The second-order valence-electron chi connectivity index (χ2n) is 7.84. The number of nitrogens with one attached hydrogen (secondary N) is 2. The molecule has 0 spiro atoms. The molecule has 1 aromatic rings. The first-order valence-electron chi connectivity index (χ1n) is 10.7. The van der Waals surface area contributed by atoms with Crippen molar-refractivity contribution in [2.45, 2.75) is 39.8 Å². The van der Waals surface area contributed by atoms with Crippen LogP contribution in [0.25, 0.3) is 0 Å². The van der Waals surface area contributed by atoms with Gasteiger partial charge in [-0.3, -0.25) is 9.89 Å². The van der Waals surface area contributed by atoms with E-state index in [9.17, 15) is 5.11 Å². The number of hydrogen-bond donors (Lipinski definition) is 3. The minimum absolute atomic E-state index is 0. The highest BCUT2D eigenvalue weighted by Gasteiger charge is 2.23. The van der Waals surface area contributed by atoms with E-state index in [4.69, 9.17) is 14.5 Å². The van der Waals surface area contributed by atoms with Crippen molar-refractivity contribution in [2.75, 3.05) is 52.5 Å². The minimum Gasteiger partial charge on any atom is -0.491 e. The lowest BCUT2D eigenvalue weighted by molar-refractivity contribution is 0.00866. The standard InChI is InChI=1S/C22H38N4O3.HI/c1-5-23-22(25-15-21(17(2)3)26-9-11-28-12-10-26)24-14-19(27)16-29-20-8-6-7-18(4)13-20;/h6-8,13,17,19,21,27H,5,9-12,14-16H2,1-4H3,(H2,23,24,25);1H. The number of benzene rings is 1. The van der Waals surface area contributed by atoms with Gasteiger partial charge in [-0.05, 0) is 37.5 Å². The zero-order chi connectivity index (χ0) is 21.1. The summed E-state index contributed by atoms with van der Waals surface area (Å²) in [7, 11) is 0. The molecule has 30 heavy (non-hydrogen) atoms. The lowest BCUT2D eigenvalue weighted by Gasteiger charge is -2.36. The molecule has 2 atom stereocenters. The van der Waals surface area contributed by atoms with Crippen molar-refractivity contribution < 1.29 is 14.6 Å². The van der Waals surface area contributed by atoms with Crippen molar-refractivity contribution in [2.24, 2.45) is 10.9 Å². The maximum absolute atomic E-state index is 10.3. The number of rotatable bonds is 10. The van der Waals surface area contributed by atoms with E-state index in [0.717, 1.165) is 50.1 Å². The molecule has 1 saturated heterocycles. The maximum atomic E-state index is 10.3. The van der Waals surface area contributed by atoms with Gasteiger partial charge in [-0.2, -0.15) is 0 Å². The van der Waals surface area contributed by atoms with Crippen LogP contribution in [0.4, 0.5) is 0 Å². The van der Waals surface area contributed by atoms with E-state index < -0.39 is 6.10 Å². The number of halogens is 1. The summed E-state index contributed by atoms with van der Waals surface area (Å²) in [6.07, 6.45) is -0.625. The van der Waals surface area contributed by atoms with Crippen LogP contribution in [-0.4, -0.2) is 80.7 Å². The number of ether oxygens (including phenoxy) is 2. The Morgan fingerprint density at radius 3 is 2.63 bits per heavy atom. The molecule has 2 rings (SSSR count). The summed E-state index contributed by atoms with van der Waals surface area (Å²) in [6, 6.07) is 8.21. The van der Waals surface area contributed by atoms with Gasteiger partial charge < -0.3 is 25.2 Å². The van der Waals surface area contributed by atoms with E-state index in [2.05, 4.69) is 29.4 Å². The van der Waals surface area contributed by atoms with Crippen molar-refractivity contribution in [1.82, 2.24) is 15.5 Å². The molecular formula is C22H39IN4O3. The molecule has 1 aliphatic heterocycles. The number of hydrogen-bond acceptors (Lipinski definition) is 5. The second-order valence-corrected chi connectivity index (χ2v) is 7.84. The van der Waals surface area contributed by atoms with Gasteiger partial charge in [0.05, 0.1) is 19.8 Å². The summed E-state index contributed by atoms with van der Waals surface area (Å²) in [4.78, 5) is 7.24. The van der Waals surface area contributed by atoms with Crippen LogP contribution in [-0.2, 0) is 4.74 Å². The number of aliphatic hydroxyl groups excluding tert-OH is 1. The number of aliphatic hydroxyl groups is 1. The number of aliphatic imine (C=N–C) groups is 1. The van der Waals surface area contributed by atoms with Crippen LogP contribution in [0.1, 0.15) is 26.3 Å². The van der Waals surface area contributed by atoms with E-state index in [1.54, 1.807) is 0 Å². The fourth-order valence-electron chi connectivity index (χ4n) is 3.35. The molecule has 0 amide bonds. The van der Waals surface area contributed by atoms with Gasteiger partial charge in [0.25, 0.3) is 0 Å². The Kier molecular flexibility index (Phi) is 13.3. The molecule has 172 valence electrons. The first kappa shape index (κ1) is 26.9. The third kappa shape index (κ3) is 9.80. The molecular weight excluding hydrogens is 495 g/mol. The average Bonchev–Trinajstić information content (AvgIpc) is 2.71. The van der Waals surface area contributed by atoms with E-state index in [0.29, 0.717) is 25.0 Å². The number of aryl methyl sites for hydroxylation is 1. The third-order valence-corrected chi connectivity index (χ3v) is 5.00. The zero-order valence-corrected chi connectivity index (χ0v) is 21.1. The van der Waals surface area contributed by atoms with E-state index in [1.807, 2.05) is 38.1 Å². The van der Waals surface area contributed by atoms with Crippen LogP contribution in [0.5, 0.6) is 5.75 Å². The van der Waals surface area contributed by atoms with Crippen molar-refractivity contribution in [3.8, 4) is 5.75 Å². The quantitative estimate of drug-likeness (QED) is 0.243. The molecule has 2 unspecified atom stereocenters. The van der Waals surface area contributed by atoms with E-state index in [1.165, 1.54) is 0 Å². The molecule has 1 aliphatic rings. The lowest BCUT2D eigenvalue weighted by Crippen LogP contribution is -2.48. The maximum Gasteiger partial charge on any atom is 0.191 e. The van der Waals surface area contributed by atoms with Gasteiger partial charge in [0.15, 0.2) is 5.96 Å². The highest BCUT2D eigenvalue weighted by molar-refractivity contribution is 14.0. The largest absolute Gasteiger partial charge is 0.491 e. The van der Waals surface area contributed by atoms with Crippen LogP contribution in [0, 0.1) is 12.8 Å². The normalized spacial score (nSPS) is 17.2. The van der Waals surface area contributed by atoms with Crippen molar-refractivity contribution >= 4 is 29.9 Å². The topological polar surface area (TPSA) is 78.4 Å². The van der Waals surface area contributed by atoms with Gasteiger partial charge in [0, 0.05) is 32.2 Å². The van der Waals surface area contributed by atoms with E-state index in [-0.39, 0.29) is 30.6 Å². The average molecular weight is 534 g/mol. The third-order valence-electron chi connectivity index (χ3n) is 5.00. The molecule has 0 aliphatic carbocycles. The molecule has 0 bridgehead atoms. The molecule has 3 N–H and O–H groups in total. The molecule has 7 nitrogen and oxygen atoms in total. The Labute approximate surface area is 198 Å². The summed E-state index contributed by atoms with van der Waals surface area (Å²) in [5, 5.41) is 16.8. The van der Waals surface area contributed by atoms with Gasteiger partial charge in [-0.1, -0.05) is 26.0 Å². The van der Waals surface area contributed by atoms with Gasteiger partial charge >= 0.3 is 0 Å². The van der Waals surface area contributed by atoms with Crippen LogP contribution in [0.15, 0.2) is 29.3 Å². The predicted molar refractivity (Wildman–Crippen MR) is 133 cm³/mol. The Balaban J connectivity index is 0.00000450. The first-order valence-corrected chi connectivity index (χ1v) is 10.7. The second kappa shape index (κ2) is 14.8. The lowest BCUT2D eigenvalue weighted by atomic mass is 10.0. The summed E-state index contributed by atoms with van der Waals surface area (Å²) in [6.45, 7) is 14.1. The summed E-state index contributed by atoms with van der Waals surface area (Å²) < 4.78 is 11.2. The van der Waals surface area contributed by atoms with Crippen LogP contribution in [0.3, 0.4) is 0 Å². The SMILES string of the molecule is CCNC(=NCC(C(C)C)N1CCOCC1)NCC(O)COc1cccc(C)c1.I. The van der Waals surface area contributed by atoms with Crippen LogP contribution >= 0.6 is 24.0 Å². The smallest absolute Gasteiger partial charge is 0.191 e. The highest BCUT2D eigenvalue weighted by atomic mass is 127. The van der Waals surface area contributed by atoms with Gasteiger partial charge in [-0.25, -0.2) is 0 Å². The molecule has 1 aromatic carbocycles. The van der Waals surface area contributed by atoms with Crippen molar-refractivity contribution in [3.63, 3.8) is 0 Å². The van der Waals surface area contributed by atoms with Crippen LogP contribution < -0.4 is 15.4 Å². The summed E-state index contributed by atoms with van der Waals surface area (Å²) >= 11 is 0. The highest BCUT2D eigenvalue weighted by Crippen LogP contribution is 2.14. The van der Waals surface area contributed by atoms with Gasteiger partial charge in [0.1, 0.15) is 18.5 Å². The summed E-state index contributed by atoms with van der Waals surface area (Å²) in [5.41, 5.74) is 1.14. The number of morpholine rings is 1. The molecule has 0 radical (unpaired) electrons. The monoisotopic (exact) mass is 534 g/mol. The fraction of sp³-hybridized carbons (Fsp3) is 0.682. The molecule has 0 aromatic heterocycles. The predicted octanol–water partition coefficient (Wildman–Crippen LogP) is 2.26. The minimum atomic E-state index is -0.625. The Morgan fingerprint density at radius 1 is 1.27 bits per heavy atom. The Morgan fingerprint density at radius 2 is 2.00 bits per heavy atom. The Bertz CT molecular complexity index is 624. The van der Waals surface area contributed by atoms with Gasteiger partial charge in [-0.15, -0.1) is 24.0 Å². The van der Waals surface area contributed by atoms with E-state index >= 15 is 0 Å². The van der Waals surface area contributed by atoms with Crippen molar-refractivity contribution in [1.29, 1.82) is 0 Å². The van der Waals surface area contributed by atoms with Gasteiger partial charge in [0.2, 0.25) is 0 Å². The molecule has 1 fully saturated rings. The zero-order valence-electron chi connectivity index (χ0n) is 18.8.